The van der Waals surface area contributed by atoms with E-state index in [1.54, 1.807) is 20.8 Å². The molecular weight excluding hydrogens is 455 g/mol. The standard InChI is InChI=1S/C25H35N2O6P/c1-25(2,3)33-23(28)15-16-26-24(29)22(27-18-34(30,31-4)32-5)17-19-11-13-21(14-12-19)20-9-7-6-8-10-20/h6-14,22,27H,15-18H2,1-5H3,(H,26,29)/t22-/m0/s1. The van der Waals surface area contributed by atoms with Crippen LogP contribution in [0.3, 0.4) is 0 Å². The second kappa shape index (κ2) is 12.8. The second-order valence-corrected chi connectivity index (χ2v) is 11.1. The molecule has 2 N–H and O–H groups in total. The zero-order valence-electron chi connectivity index (χ0n) is 20.5. The molecule has 0 radical (unpaired) electrons. The van der Waals surface area contributed by atoms with Gasteiger partial charge in [0.2, 0.25) is 5.91 Å². The quantitative estimate of drug-likeness (QED) is 0.340. The Balaban J connectivity index is 2.05. The highest BCUT2D eigenvalue weighted by molar-refractivity contribution is 7.53. The van der Waals surface area contributed by atoms with E-state index in [4.69, 9.17) is 13.8 Å². The van der Waals surface area contributed by atoms with E-state index in [1.165, 1.54) is 14.2 Å². The van der Waals surface area contributed by atoms with E-state index in [2.05, 4.69) is 10.6 Å². The Morgan fingerprint density at radius 3 is 2.09 bits per heavy atom. The molecule has 0 fully saturated rings. The smallest absolute Gasteiger partial charge is 0.343 e. The number of carbonyl (C=O) groups is 2. The highest BCUT2D eigenvalue weighted by Crippen LogP contribution is 2.44. The van der Waals surface area contributed by atoms with Crippen LogP contribution in [0.25, 0.3) is 11.1 Å². The average molecular weight is 491 g/mol. The van der Waals surface area contributed by atoms with Crippen molar-refractivity contribution >= 4 is 19.5 Å². The third kappa shape index (κ3) is 9.39. The number of carbonyl (C=O) groups excluding carboxylic acids is 2. The lowest BCUT2D eigenvalue weighted by atomic mass is 10.0. The molecule has 34 heavy (non-hydrogen) atoms. The molecule has 0 heterocycles. The van der Waals surface area contributed by atoms with Crippen molar-refractivity contribution < 1.29 is 27.9 Å². The number of esters is 1. The van der Waals surface area contributed by atoms with Crippen LogP contribution < -0.4 is 10.6 Å². The maximum atomic E-state index is 12.9. The van der Waals surface area contributed by atoms with Crippen LogP contribution >= 0.6 is 7.60 Å². The number of rotatable bonds is 12. The van der Waals surface area contributed by atoms with E-state index in [0.717, 1.165) is 16.7 Å². The third-order valence-corrected chi connectivity index (χ3v) is 6.64. The van der Waals surface area contributed by atoms with Gasteiger partial charge >= 0.3 is 13.6 Å². The molecule has 2 aromatic carbocycles. The molecule has 0 bridgehead atoms. The minimum Gasteiger partial charge on any atom is -0.460 e. The minimum absolute atomic E-state index is 0.0517. The van der Waals surface area contributed by atoms with Gasteiger partial charge in [-0.05, 0) is 43.9 Å². The van der Waals surface area contributed by atoms with E-state index in [1.807, 2.05) is 54.6 Å². The molecule has 1 atom stereocenters. The molecule has 0 spiro atoms. The van der Waals surface area contributed by atoms with Crippen molar-refractivity contribution in [1.29, 1.82) is 0 Å². The summed E-state index contributed by atoms with van der Waals surface area (Å²) in [6, 6.07) is 17.2. The molecule has 0 saturated carbocycles. The summed E-state index contributed by atoms with van der Waals surface area (Å²) in [5.74, 6) is -0.716. The Morgan fingerprint density at radius 1 is 0.941 bits per heavy atom. The van der Waals surface area contributed by atoms with Gasteiger partial charge in [0.05, 0.1) is 18.7 Å². The van der Waals surface area contributed by atoms with Crippen LogP contribution in [0.5, 0.6) is 0 Å². The maximum Gasteiger partial charge on any atom is 0.343 e. The summed E-state index contributed by atoms with van der Waals surface area (Å²) >= 11 is 0. The Labute approximate surface area is 201 Å². The summed E-state index contributed by atoms with van der Waals surface area (Å²) in [5.41, 5.74) is 2.51. The summed E-state index contributed by atoms with van der Waals surface area (Å²) < 4.78 is 27.7. The Hall–Kier alpha value is -2.51. The predicted octanol–water partition coefficient (Wildman–Crippen LogP) is 4.15. The van der Waals surface area contributed by atoms with Crippen molar-refractivity contribution in [3.63, 3.8) is 0 Å². The van der Waals surface area contributed by atoms with Crippen molar-refractivity contribution in [3.8, 4) is 11.1 Å². The van der Waals surface area contributed by atoms with Crippen LogP contribution in [0.15, 0.2) is 54.6 Å². The third-order valence-electron chi connectivity index (χ3n) is 4.95. The van der Waals surface area contributed by atoms with E-state index in [9.17, 15) is 14.2 Å². The Morgan fingerprint density at radius 2 is 1.53 bits per heavy atom. The lowest BCUT2D eigenvalue weighted by molar-refractivity contribution is -0.154. The molecule has 2 aromatic rings. The first-order valence-electron chi connectivity index (χ1n) is 11.1. The average Bonchev–Trinajstić information content (AvgIpc) is 2.81. The van der Waals surface area contributed by atoms with E-state index in [-0.39, 0.29) is 25.2 Å². The first kappa shape index (κ1) is 27.7. The van der Waals surface area contributed by atoms with Crippen molar-refractivity contribution in [2.24, 2.45) is 0 Å². The van der Waals surface area contributed by atoms with Crippen molar-refractivity contribution in [2.45, 2.75) is 45.3 Å². The normalized spacial score (nSPS) is 12.7. The van der Waals surface area contributed by atoms with Gasteiger partial charge in [0.25, 0.3) is 0 Å². The molecule has 0 aliphatic heterocycles. The van der Waals surface area contributed by atoms with Crippen LogP contribution in [0.2, 0.25) is 0 Å². The number of benzene rings is 2. The largest absolute Gasteiger partial charge is 0.460 e. The van der Waals surface area contributed by atoms with Crippen LogP contribution in [0.4, 0.5) is 0 Å². The molecule has 9 heteroatoms. The van der Waals surface area contributed by atoms with Gasteiger partial charge in [-0.1, -0.05) is 54.6 Å². The second-order valence-electron chi connectivity index (χ2n) is 8.79. The van der Waals surface area contributed by atoms with Gasteiger partial charge in [-0.15, -0.1) is 0 Å². The summed E-state index contributed by atoms with van der Waals surface area (Å²) in [6.07, 6.45) is 0.267. The SMILES string of the molecule is COP(=O)(CN[C@@H](Cc1ccc(-c2ccccc2)cc1)C(=O)NCCC(=O)OC(C)(C)C)OC. The monoisotopic (exact) mass is 490 g/mol. The molecule has 1 amide bonds. The van der Waals surface area contributed by atoms with E-state index < -0.39 is 25.2 Å². The topological polar surface area (TPSA) is 103 Å². The molecule has 0 unspecified atom stereocenters. The zero-order valence-corrected chi connectivity index (χ0v) is 21.4. The zero-order chi connectivity index (χ0) is 25.2. The van der Waals surface area contributed by atoms with Crippen LogP contribution in [0.1, 0.15) is 32.8 Å². The minimum atomic E-state index is -3.36. The number of hydrogen-bond donors (Lipinski definition) is 2. The van der Waals surface area contributed by atoms with E-state index >= 15 is 0 Å². The molecule has 0 saturated heterocycles. The molecule has 2 rings (SSSR count). The summed E-state index contributed by atoms with van der Waals surface area (Å²) in [7, 11) is -0.766. The molecule has 186 valence electrons. The number of ether oxygens (including phenoxy) is 1. The molecule has 8 nitrogen and oxygen atoms in total. The highest BCUT2D eigenvalue weighted by atomic mass is 31.2. The summed E-state index contributed by atoms with van der Waals surface area (Å²) in [6.45, 7) is 5.49. The first-order valence-corrected chi connectivity index (χ1v) is 12.9. The van der Waals surface area contributed by atoms with Gasteiger partial charge in [0.15, 0.2) is 0 Å². The molecule has 0 aromatic heterocycles. The summed E-state index contributed by atoms with van der Waals surface area (Å²) in [5, 5.41) is 5.75. The Kier molecular flexibility index (Phi) is 10.5. The van der Waals surface area contributed by atoms with Gasteiger partial charge in [-0.25, -0.2) is 0 Å². The Bertz CT molecular complexity index is 965. The van der Waals surface area contributed by atoms with Crippen LogP contribution in [0, 0.1) is 0 Å². The van der Waals surface area contributed by atoms with Crippen LogP contribution in [-0.2, 0) is 34.4 Å². The van der Waals surface area contributed by atoms with E-state index in [0.29, 0.717) is 6.42 Å². The fraction of sp³-hybridized carbons (Fsp3) is 0.440. The molecule has 0 aliphatic carbocycles. The maximum absolute atomic E-state index is 12.9. The lowest BCUT2D eigenvalue weighted by Crippen LogP contribution is -2.46. The van der Waals surface area contributed by atoms with Gasteiger partial charge in [-0.3, -0.25) is 19.5 Å². The summed E-state index contributed by atoms with van der Waals surface area (Å²) in [4.78, 5) is 24.8. The van der Waals surface area contributed by atoms with Gasteiger partial charge in [0.1, 0.15) is 5.60 Å². The molecule has 0 aliphatic rings. The number of hydrogen-bond acceptors (Lipinski definition) is 7. The van der Waals surface area contributed by atoms with Crippen molar-refractivity contribution in [1.82, 2.24) is 10.6 Å². The van der Waals surface area contributed by atoms with Gasteiger partial charge < -0.3 is 19.1 Å². The van der Waals surface area contributed by atoms with Crippen molar-refractivity contribution in [2.75, 3.05) is 27.1 Å². The van der Waals surface area contributed by atoms with Gasteiger partial charge in [0, 0.05) is 20.8 Å². The van der Waals surface area contributed by atoms with Crippen LogP contribution in [-0.4, -0.2) is 50.6 Å². The highest BCUT2D eigenvalue weighted by Gasteiger charge is 2.26. The van der Waals surface area contributed by atoms with Crippen molar-refractivity contribution in [3.05, 3.63) is 60.2 Å². The predicted molar refractivity (Wildman–Crippen MR) is 132 cm³/mol. The first-order chi connectivity index (χ1) is 16.0. The fourth-order valence-corrected chi connectivity index (χ4v) is 4.04. The molecular formula is C25H35N2O6P. The van der Waals surface area contributed by atoms with Gasteiger partial charge in [-0.2, -0.15) is 0 Å². The number of amides is 1. The fourth-order valence-electron chi connectivity index (χ4n) is 3.19. The lowest BCUT2D eigenvalue weighted by Gasteiger charge is -2.22. The number of nitrogens with one attached hydrogen (secondary N) is 2.